The van der Waals surface area contributed by atoms with E-state index in [9.17, 15) is 41.8 Å². The molecule has 1 aliphatic heterocycles. The van der Waals surface area contributed by atoms with Crippen molar-refractivity contribution in [2.45, 2.75) is 96.8 Å². The van der Waals surface area contributed by atoms with E-state index in [4.69, 9.17) is 0 Å². The van der Waals surface area contributed by atoms with Crippen LogP contribution in [-0.2, 0) is 33.4 Å². The van der Waals surface area contributed by atoms with Gasteiger partial charge in [-0.15, -0.1) is 0 Å². The summed E-state index contributed by atoms with van der Waals surface area (Å²) in [6.07, 6.45) is -0.884. The minimum atomic E-state index is -4.78. The molecule has 8 nitrogen and oxygen atoms in total. The number of aromatic nitrogens is 1. The largest absolute Gasteiger partial charge is 0.475 e. The Morgan fingerprint density at radius 1 is 1.00 bits per heavy atom. The summed E-state index contributed by atoms with van der Waals surface area (Å²) in [5.41, 5.74) is 3.45. The fourth-order valence-electron chi connectivity index (χ4n) is 7.77. The molecule has 1 amide bonds. The Morgan fingerprint density at radius 2 is 1.65 bits per heavy atom. The normalized spacial score (nSPS) is 16.6. The van der Waals surface area contributed by atoms with E-state index in [2.05, 4.69) is 5.32 Å². The number of nitrogens with zero attached hydrogens (tertiary/aromatic N) is 2. The summed E-state index contributed by atoms with van der Waals surface area (Å²) in [5, 5.41) is 12.4. The van der Waals surface area contributed by atoms with Crippen molar-refractivity contribution in [2.75, 3.05) is 20.1 Å². The van der Waals surface area contributed by atoms with Crippen molar-refractivity contribution in [2.24, 2.45) is 5.92 Å². The Hall–Kier alpha value is -4.32. The molecule has 0 unspecified atom stereocenters. The fourth-order valence-corrected chi connectivity index (χ4v) is 7.77. The first-order valence-electron chi connectivity index (χ1n) is 17.5. The van der Waals surface area contributed by atoms with Crippen LogP contribution in [0.3, 0.4) is 0 Å². The first-order chi connectivity index (χ1) is 23.9. The molecule has 2 aliphatic rings. The van der Waals surface area contributed by atoms with Crippen LogP contribution in [0.1, 0.15) is 103 Å². The van der Waals surface area contributed by atoms with Crippen molar-refractivity contribution in [1.29, 1.82) is 0 Å². The van der Waals surface area contributed by atoms with E-state index in [1.54, 1.807) is 19.9 Å². The number of carbonyl (C=O) groups excluding carboxylic acids is 2. The molecule has 2 N–H and O–H groups in total. The number of hydrogen-bond donors (Lipinski definition) is 2. The number of fused-ring (bicyclic) bond motifs is 1. The Balaban J connectivity index is 1.60. The van der Waals surface area contributed by atoms with Crippen molar-refractivity contribution in [3.63, 3.8) is 0 Å². The van der Waals surface area contributed by atoms with E-state index in [0.717, 1.165) is 39.7 Å². The first-order valence-corrected chi connectivity index (χ1v) is 17.5. The van der Waals surface area contributed by atoms with E-state index in [1.165, 1.54) is 18.3 Å². The van der Waals surface area contributed by atoms with Gasteiger partial charge in [-0.2, -0.15) is 13.2 Å². The second-order valence-electron chi connectivity index (χ2n) is 14.6. The van der Waals surface area contributed by atoms with Crippen molar-refractivity contribution in [1.82, 2.24) is 14.8 Å². The van der Waals surface area contributed by atoms with E-state index >= 15 is 0 Å². The Kier molecular flexibility index (Phi) is 11.2. The third-order valence-corrected chi connectivity index (χ3v) is 10.3. The van der Waals surface area contributed by atoms with Crippen LogP contribution in [0.4, 0.5) is 17.6 Å². The van der Waals surface area contributed by atoms with Crippen LogP contribution in [0.15, 0.2) is 41.3 Å². The number of pyridine rings is 1. The SMILES string of the molecule is Cc1cc(F)cc(C)c1-c1cc([C@H](CC(=O)C(=O)O)NC(=O)[C@H](CC(C)C)n2cc(C3CCN(C)CC3)c(C(F)(F)F)cc2=O)cc2c1CCC2. The standard InChI is InChI=1S/C39H45F4N3O5/c1-21(2)13-33(46-20-30(24-9-11-45(5)12-10-24)31(18-35(46)48)39(41,42)43)37(49)44-32(19-34(47)38(50)51)26-16-25-7-6-8-28(25)29(17-26)36-22(3)14-27(40)15-23(36)4/h14-18,20-21,24,32-33H,6-13,19H2,1-5H3,(H,44,49)(H,50,51)/t32-,33-/m0/s1. The average Bonchev–Trinajstić information content (AvgIpc) is 3.52. The maximum atomic E-state index is 14.3. The number of nitrogens with one attached hydrogen (secondary N) is 1. The number of halogens is 4. The highest BCUT2D eigenvalue weighted by Gasteiger charge is 2.38. The van der Waals surface area contributed by atoms with Gasteiger partial charge in [-0.1, -0.05) is 19.9 Å². The lowest BCUT2D eigenvalue weighted by atomic mass is 9.86. The van der Waals surface area contributed by atoms with Gasteiger partial charge in [-0.05, 0) is 147 Å². The molecule has 0 spiro atoms. The molecule has 1 saturated heterocycles. The van der Waals surface area contributed by atoms with Crippen LogP contribution in [-0.4, -0.2) is 52.4 Å². The van der Waals surface area contributed by atoms with Crippen LogP contribution < -0.4 is 10.9 Å². The minimum Gasteiger partial charge on any atom is -0.475 e. The summed E-state index contributed by atoms with van der Waals surface area (Å²) in [5.74, 6) is -4.57. The molecule has 2 atom stereocenters. The van der Waals surface area contributed by atoms with Gasteiger partial charge < -0.3 is 19.9 Å². The van der Waals surface area contributed by atoms with Crippen molar-refractivity contribution in [3.8, 4) is 11.1 Å². The van der Waals surface area contributed by atoms with Crippen molar-refractivity contribution >= 4 is 17.7 Å². The maximum absolute atomic E-state index is 14.3. The summed E-state index contributed by atoms with van der Waals surface area (Å²) < 4.78 is 58.2. The number of rotatable bonds is 11. The number of benzene rings is 2. The number of ketones is 1. The number of amides is 1. The second kappa shape index (κ2) is 15.1. The summed E-state index contributed by atoms with van der Waals surface area (Å²) in [4.78, 5) is 54.3. The molecule has 12 heteroatoms. The molecule has 5 rings (SSSR count). The third-order valence-electron chi connectivity index (χ3n) is 10.3. The number of likely N-dealkylation sites (tertiary alicyclic amines) is 1. The zero-order valence-corrected chi connectivity index (χ0v) is 29.6. The van der Waals surface area contributed by atoms with Crippen molar-refractivity contribution < 1.29 is 37.1 Å². The molecular weight excluding hydrogens is 666 g/mol. The number of alkyl halides is 3. The van der Waals surface area contributed by atoms with E-state index < -0.39 is 59.4 Å². The molecule has 0 radical (unpaired) electrons. The minimum absolute atomic E-state index is 0.0392. The molecule has 51 heavy (non-hydrogen) atoms. The number of hydrogen-bond acceptors (Lipinski definition) is 5. The van der Waals surface area contributed by atoms with Gasteiger partial charge in [0.2, 0.25) is 11.7 Å². The van der Waals surface area contributed by atoms with Gasteiger partial charge in [-0.3, -0.25) is 14.4 Å². The molecule has 0 saturated carbocycles. The third kappa shape index (κ3) is 8.43. The molecular formula is C39H45F4N3O5. The summed E-state index contributed by atoms with van der Waals surface area (Å²) in [6, 6.07) is 4.70. The first kappa shape index (κ1) is 37.9. The lowest BCUT2D eigenvalue weighted by Gasteiger charge is -2.32. The van der Waals surface area contributed by atoms with Crippen LogP contribution in [0.2, 0.25) is 0 Å². The highest BCUT2D eigenvalue weighted by atomic mass is 19.4. The van der Waals surface area contributed by atoms with E-state index in [-0.39, 0.29) is 23.7 Å². The Morgan fingerprint density at radius 3 is 2.24 bits per heavy atom. The maximum Gasteiger partial charge on any atom is 0.416 e. The van der Waals surface area contributed by atoms with Crippen LogP contribution in [0.25, 0.3) is 11.1 Å². The number of aryl methyl sites for hydroxylation is 3. The number of carboxylic acids is 1. The molecule has 1 aliphatic carbocycles. The number of piperidine rings is 1. The lowest BCUT2D eigenvalue weighted by Crippen LogP contribution is -2.41. The second-order valence-corrected chi connectivity index (χ2v) is 14.6. The zero-order valence-electron chi connectivity index (χ0n) is 29.6. The smallest absolute Gasteiger partial charge is 0.416 e. The Bertz CT molecular complexity index is 1870. The molecule has 1 fully saturated rings. The number of aliphatic carboxylic acids is 1. The average molecular weight is 712 g/mol. The molecule has 2 heterocycles. The monoisotopic (exact) mass is 711 g/mol. The lowest BCUT2D eigenvalue weighted by molar-refractivity contribution is -0.149. The van der Waals surface area contributed by atoms with Gasteiger partial charge in [0.1, 0.15) is 11.9 Å². The van der Waals surface area contributed by atoms with Gasteiger partial charge in [0.15, 0.2) is 0 Å². The van der Waals surface area contributed by atoms with Crippen LogP contribution in [0, 0.1) is 25.6 Å². The highest BCUT2D eigenvalue weighted by Crippen LogP contribution is 2.41. The predicted octanol–water partition coefficient (Wildman–Crippen LogP) is 7.08. The van der Waals surface area contributed by atoms with Gasteiger partial charge in [0.25, 0.3) is 5.56 Å². The Labute approximate surface area is 294 Å². The van der Waals surface area contributed by atoms with Gasteiger partial charge >= 0.3 is 12.1 Å². The summed E-state index contributed by atoms with van der Waals surface area (Å²) in [6.45, 7) is 8.39. The molecule has 1 aromatic heterocycles. The molecule has 274 valence electrons. The van der Waals surface area contributed by atoms with Gasteiger partial charge in [0, 0.05) is 18.7 Å². The summed E-state index contributed by atoms with van der Waals surface area (Å²) >= 11 is 0. The topological polar surface area (TPSA) is 109 Å². The fraction of sp³-hybridized carbons (Fsp3) is 0.487. The zero-order chi connectivity index (χ0) is 37.4. The number of carboxylic acid groups (broad SMARTS) is 1. The number of Topliss-reactive ketones (excluding diaryl/α,β-unsaturated/α-hetero) is 1. The van der Waals surface area contributed by atoms with Crippen LogP contribution in [0.5, 0.6) is 0 Å². The predicted molar refractivity (Wildman–Crippen MR) is 185 cm³/mol. The molecule has 3 aromatic rings. The van der Waals surface area contributed by atoms with Crippen LogP contribution >= 0.6 is 0 Å². The quantitative estimate of drug-likeness (QED) is 0.163. The molecule has 0 bridgehead atoms. The van der Waals surface area contributed by atoms with E-state index in [0.29, 0.717) is 55.1 Å². The number of carbonyl (C=O) groups is 3. The highest BCUT2D eigenvalue weighted by molar-refractivity contribution is 6.32. The summed E-state index contributed by atoms with van der Waals surface area (Å²) in [7, 11) is 1.89. The van der Waals surface area contributed by atoms with Crippen molar-refractivity contribution in [3.05, 3.63) is 91.6 Å². The van der Waals surface area contributed by atoms with Gasteiger partial charge in [0.05, 0.1) is 11.6 Å². The van der Waals surface area contributed by atoms with Gasteiger partial charge in [-0.25, -0.2) is 9.18 Å². The molecule has 2 aromatic carbocycles. The van der Waals surface area contributed by atoms with E-state index in [1.807, 2.05) is 31.9 Å².